The molecule has 0 saturated carbocycles. The first-order valence-electron chi connectivity index (χ1n) is 9.50. The van der Waals surface area contributed by atoms with Gasteiger partial charge in [0.25, 0.3) is 5.91 Å². The molecule has 0 saturated heterocycles. The van der Waals surface area contributed by atoms with Crippen LogP contribution in [0.5, 0.6) is 0 Å². The number of carbonyl (C=O) groups is 1. The minimum absolute atomic E-state index is 0.133. The summed E-state index contributed by atoms with van der Waals surface area (Å²) in [5.74, 6) is -0.787. The van der Waals surface area contributed by atoms with Crippen molar-refractivity contribution >= 4 is 28.0 Å². The Hall–Kier alpha value is -3.36. The molecule has 156 valence electrons. The monoisotopic (exact) mass is 415 g/mol. The molecule has 2 aromatic heterocycles. The van der Waals surface area contributed by atoms with Crippen LogP contribution in [0.4, 0.5) is 13.2 Å². The van der Waals surface area contributed by atoms with Crippen LogP contribution in [0.1, 0.15) is 54.9 Å². The second kappa shape index (κ2) is 7.16. The zero-order valence-electron chi connectivity index (χ0n) is 16.6. The van der Waals surface area contributed by atoms with E-state index in [1.165, 1.54) is 18.2 Å². The molecule has 0 fully saturated rings. The molecule has 2 aromatic carbocycles. The number of alkyl halides is 3. The highest BCUT2D eigenvalue weighted by atomic mass is 19.4. The van der Waals surface area contributed by atoms with Gasteiger partial charge >= 0.3 is 6.18 Å². The topological polar surface area (TPSA) is 75.6 Å². The molecule has 0 aliphatic carbocycles. The van der Waals surface area contributed by atoms with E-state index in [9.17, 15) is 18.0 Å². The number of para-hydroxylation sites is 2. The first-order chi connectivity index (χ1) is 14.1. The van der Waals surface area contributed by atoms with Crippen molar-refractivity contribution in [3.8, 4) is 0 Å². The zero-order valence-corrected chi connectivity index (χ0v) is 16.6. The summed E-state index contributed by atoms with van der Waals surface area (Å²) in [4.78, 5) is 23.2. The third-order valence-corrected chi connectivity index (χ3v) is 4.89. The van der Waals surface area contributed by atoms with Gasteiger partial charge < -0.3 is 14.9 Å². The van der Waals surface area contributed by atoms with Crippen molar-refractivity contribution in [1.29, 1.82) is 0 Å². The molecule has 9 heteroatoms. The van der Waals surface area contributed by atoms with Crippen LogP contribution in [0.25, 0.3) is 22.1 Å². The van der Waals surface area contributed by atoms with Crippen LogP contribution in [0, 0.1) is 0 Å². The summed E-state index contributed by atoms with van der Waals surface area (Å²) in [6.45, 7) is 5.90. The Bertz CT molecular complexity index is 1240. The van der Waals surface area contributed by atoms with Gasteiger partial charge in [0.1, 0.15) is 5.82 Å². The molecule has 0 radical (unpaired) electrons. The van der Waals surface area contributed by atoms with Crippen LogP contribution in [0.3, 0.4) is 0 Å². The van der Waals surface area contributed by atoms with Gasteiger partial charge in [-0.2, -0.15) is 13.2 Å². The fraction of sp³-hybridized carbons (Fsp3) is 0.286. The number of benzene rings is 2. The third-order valence-electron chi connectivity index (χ3n) is 4.89. The van der Waals surface area contributed by atoms with E-state index in [0.29, 0.717) is 5.82 Å². The van der Waals surface area contributed by atoms with Gasteiger partial charge in [-0.3, -0.25) is 4.79 Å². The lowest BCUT2D eigenvalue weighted by atomic mass is 10.1. The van der Waals surface area contributed by atoms with E-state index in [4.69, 9.17) is 0 Å². The lowest BCUT2D eigenvalue weighted by Crippen LogP contribution is -2.29. The summed E-state index contributed by atoms with van der Waals surface area (Å²) < 4.78 is 40.6. The molecule has 30 heavy (non-hydrogen) atoms. The van der Waals surface area contributed by atoms with Crippen LogP contribution in [0.2, 0.25) is 0 Å². The standard InChI is InChI=1S/C21H20F3N5O/c1-11(2)29-17-7-5-4-6-15(17)26-18(29)12(3)25-19(30)13-8-9-14-16(10-13)28-20(27-14)21(22,23)24/h4-12H,1-3H3,(H,25,30)(H,27,28)/t12-/m0/s1. The minimum Gasteiger partial charge on any atom is -0.342 e. The number of aromatic nitrogens is 4. The number of H-pyrrole nitrogens is 1. The second-order valence-corrected chi connectivity index (χ2v) is 7.43. The fourth-order valence-corrected chi connectivity index (χ4v) is 3.54. The van der Waals surface area contributed by atoms with Gasteiger partial charge in [0.05, 0.1) is 28.1 Å². The molecule has 4 rings (SSSR count). The summed E-state index contributed by atoms with van der Waals surface area (Å²) in [7, 11) is 0. The first kappa shape index (κ1) is 19.9. The van der Waals surface area contributed by atoms with Crippen LogP contribution >= 0.6 is 0 Å². The largest absolute Gasteiger partial charge is 0.449 e. The highest BCUT2D eigenvalue weighted by molar-refractivity contribution is 5.97. The molecule has 0 bridgehead atoms. The number of imidazole rings is 2. The number of halogens is 3. The molecule has 1 amide bonds. The van der Waals surface area contributed by atoms with Crippen molar-refractivity contribution < 1.29 is 18.0 Å². The lowest BCUT2D eigenvalue weighted by molar-refractivity contribution is -0.144. The third kappa shape index (κ3) is 3.51. The Balaban J connectivity index is 1.62. The normalized spacial score (nSPS) is 13.3. The maximum absolute atomic E-state index is 12.9. The maximum atomic E-state index is 12.9. The number of rotatable bonds is 4. The van der Waals surface area contributed by atoms with Gasteiger partial charge in [-0.25, -0.2) is 9.97 Å². The molecule has 0 spiro atoms. The van der Waals surface area contributed by atoms with Gasteiger partial charge in [-0.1, -0.05) is 12.1 Å². The summed E-state index contributed by atoms with van der Waals surface area (Å²) in [5.41, 5.74) is 2.34. The van der Waals surface area contributed by atoms with Gasteiger partial charge in [0.2, 0.25) is 5.82 Å². The summed E-state index contributed by atoms with van der Waals surface area (Å²) >= 11 is 0. The molecule has 2 heterocycles. The minimum atomic E-state index is -4.58. The molecule has 0 aliphatic rings. The summed E-state index contributed by atoms with van der Waals surface area (Å²) in [6.07, 6.45) is -4.58. The Kier molecular flexibility index (Phi) is 4.76. The van der Waals surface area contributed by atoms with Crippen molar-refractivity contribution in [3.63, 3.8) is 0 Å². The van der Waals surface area contributed by atoms with Crippen LogP contribution in [-0.2, 0) is 6.18 Å². The van der Waals surface area contributed by atoms with Gasteiger partial charge in [-0.05, 0) is 51.1 Å². The quantitative estimate of drug-likeness (QED) is 0.492. The first-order valence-corrected chi connectivity index (χ1v) is 9.50. The van der Waals surface area contributed by atoms with Crippen molar-refractivity contribution in [2.75, 3.05) is 0 Å². The van der Waals surface area contributed by atoms with Gasteiger partial charge in [0, 0.05) is 11.6 Å². The average molecular weight is 415 g/mol. The fourth-order valence-electron chi connectivity index (χ4n) is 3.54. The molecule has 6 nitrogen and oxygen atoms in total. The van der Waals surface area contributed by atoms with E-state index in [1.54, 1.807) is 0 Å². The van der Waals surface area contributed by atoms with Gasteiger partial charge in [-0.15, -0.1) is 0 Å². The number of fused-ring (bicyclic) bond motifs is 2. The van der Waals surface area contributed by atoms with E-state index in [2.05, 4.69) is 24.8 Å². The van der Waals surface area contributed by atoms with E-state index >= 15 is 0 Å². The molecule has 0 unspecified atom stereocenters. The van der Waals surface area contributed by atoms with E-state index in [-0.39, 0.29) is 22.6 Å². The maximum Gasteiger partial charge on any atom is 0.449 e. The van der Waals surface area contributed by atoms with Crippen LogP contribution in [0.15, 0.2) is 42.5 Å². The number of carbonyl (C=O) groups excluding carboxylic acids is 1. The molecule has 4 aromatic rings. The van der Waals surface area contributed by atoms with Crippen molar-refractivity contribution in [3.05, 3.63) is 59.7 Å². The molecule has 2 N–H and O–H groups in total. The summed E-state index contributed by atoms with van der Waals surface area (Å²) in [6, 6.07) is 11.7. The smallest absolute Gasteiger partial charge is 0.342 e. The van der Waals surface area contributed by atoms with Crippen LogP contribution in [-0.4, -0.2) is 25.4 Å². The second-order valence-electron chi connectivity index (χ2n) is 7.43. The number of nitrogens with zero attached hydrogens (tertiary/aromatic N) is 3. The molecule has 0 aliphatic heterocycles. The van der Waals surface area contributed by atoms with E-state index < -0.39 is 23.9 Å². The number of nitrogens with one attached hydrogen (secondary N) is 2. The Morgan fingerprint density at radius 3 is 2.50 bits per heavy atom. The van der Waals surface area contributed by atoms with E-state index in [1.807, 2.05) is 45.0 Å². The summed E-state index contributed by atoms with van der Waals surface area (Å²) in [5, 5.41) is 2.89. The highest BCUT2D eigenvalue weighted by Crippen LogP contribution is 2.29. The number of amides is 1. The van der Waals surface area contributed by atoms with Crippen molar-refractivity contribution in [2.45, 2.75) is 39.0 Å². The molecular weight excluding hydrogens is 395 g/mol. The Morgan fingerprint density at radius 2 is 1.80 bits per heavy atom. The van der Waals surface area contributed by atoms with Crippen molar-refractivity contribution in [1.82, 2.24) is 24.8 Å². The SMILES string of the molecule is CC(C)n1c([C@H](C)NC(=O)c2ccc3nc(C(F)(F)F)[nH]c3c2)nc2ccccc21. The highest BCUT2D eigenvalue weighted by Gasteiger charge is 2.34. The van der Waals surface area contributed by atoms with Crippen molar-refractivity contribution in [2.24, 2.45) is 0 Å². The molecular formula is C21H20F3N5O. The van der Waals surface area contributed by atoms with E-state index in [0.717, 1.165) is 11.0 Å². The zero-order chi connectivity index (χ0) is 21.6. The predicted molar refractivity (Wildman–Crippen MR) is 107 cm³/mol. The Labute approximate surface area is 170 Å². The number of hydrogen-bond acceptors (Lipinski definition) is 3. The van der Waals surface area contributed by atoms with Crippen LogP contribution < -0.4 is 5.32 Å². The number of hydrogen-bond donors (Lipinski definition) is 2. The van der Waals surface area contributed by atoms with Gasteiger partial charge in [0.15, 0.2) is 0 Å². The number of aromatic amines is 1. The molecule has 1 atom stereocenters. The lowest BCUT2D eigenvalue weighted by Gasteiger charge is -2.19. The average Bonchev–Trinajstić information content (AvgIpc) is 3.28. The Morgan fingerprint density at radius 1 is 1.07 bits per heavy atom. The predicted octanol–water partition coefficient (Wildman–Crippen LogP) is 5.00.